The van der Waals surface area contributed by atoms with E-state index < -0.39 is 6.10 Å². The second kappa shape index (κ2) is 8.20. The lowest BCUT2D eigenvalue weighted by Crippen LogP contribution is -2.30. The average molecular weight is 338 g/mol. The van der Waals surface area contributed by atoms with Gasteiger partial charge in [0, 0.05) is 11.8 Å². The first-order chi connectivity index (χ1) is 11.9. The number of carbonyl (C=O) groups is 1. The quantitative estimate of drug-likeness (QED) is 0.861. The van der Waals surface area contributed by atoms with Gasteiger partial charge in [-0.15, -0.1) is 0 Å². The van der Waals surface area contributed by atoms with Gasteiger partial charge < -0.3 is 14.8 Å². The molecule has 0 aliphatic rings. The smallest absolute Gasteiger partial charge is 0.265 e. The van der Waals surface area contributed by atoms with Crippen LogP contribution in [0.4, 0.5) is 5.69 Å². The van der Waals surface area contributed by atoms with Crippen molar-refractivity contribution >= 4 is 11.6 Å². The van der Waals surface area contributed by atoms with Crippen molar-refractivity contribution in [3.63, 3.8) is 0 Å². The first-order valence-corrected chi connectivity index (χ1v) is 8.10. The van der Waals surface area contributed by atoms with Crippen LogP contribution in [0, 0.1) is 11.3 Å². The molecule has 0 bridgehead atoms. The highest BCUT2D eigenvalue weighted by Gasteiger charge is 2.17. The molecule has 0 aliphatic heterocycles. The average Bonchev–Trinajstić information content (AvgIpc) is 2.62. The standard InChI is InChI=1S/C20H22N2O3/c1-13(2)16-6-8-17(9-7-16)22-20(23)14(3)25-18-10-5-15(12-21)11-19(18)24-4/h5-11,13-14H,1-4H3,(H,22,23)/t14-/m1/s1. The van der Waals surface area contributed by atoms with E-state index >= 15 is 0 Å². The number of amides is 1. The molecule has 5 heteroatoms. The highest BCUT2D eigenvalue weighted by Crippen LogP contribution is 2.29. The lowest BCUT2D eigenvalue weighted by Gasteiger charge is -2.17. The number of hydrogen-bond donors (Lipinski definition) is 1. The molecule has 1 N–H and O–H groups in total. The molecule has 0 aliphatic carbocycles. The lowest BCUT2D eigenvalue weighted by atomic mass is 10.0. The minimum Gasteiger partial charge on any atom is -0.493 e. The Kier molecular flexibility index (Phi) is 6.02. The van der Waals surface area contributed by atoms with Crippen LogP contribution in [0.25, 0.3) is 0 Å². The molecular formula is C20H22N2O3. The number of carbonyl (C=O) groups excluding carboxylic acids is 1. The second-order valence-corrected chi connectivity index (χ2v) is 6.00. The Bertz CT molecular complexity index is 777. The van der Waals surface area contributed by atoms with Crippen LogP contribution in [-0.2, 0) is 4.79 Å². The Morgan fingerprint density at radius 3 is 2.32 bits per heavy atom. The molecule has 0 fully saturated rings. The number of methoxy groups -OCH3 is 1. The fourth-order valence-corrected chi connectivity index (χ4v) is 2.27. The van der Waals surface area contributed by atoms with E-state index in [9.17, 15) is 4.79 Å². The van der Waals surface area contributed by atoms with E-state index in [-0.39, 0.29) is 5.91 Å². The van der Waals surface area contributed by atoms with Gasteiger partial charge in [0.1, 0.15) is 0 Å². The summed E-state index contributed by atoms with van der Waals surface area (Å²) in [7, 11) is 1.49. The summed E-state index contributed by atoms with van der Waals surface area (Å²) in [6.07, 6.45) is -0.716. The van der Waals surface area contributed by atoms with Crippen molar-refractivity contribution in [2.45, 2.75) is 32.8 Å². The number of rotatable bonds is 6. The van der Waals surface area contributed by atoms with Crippen molar-refractivity contribution in [1.29, 1.82) is 5.26 Å². The zero-order chi connectivity index (χ0) is 18.4. The van der Waals surface area contributed by atoms with Gasteiger partial charge in [-0.2, -0.15) is 5.26 Å². The summed E-state index contributed by atoms with van der Waals surface area (Å²) in [5.41, 5.74) is 2.40. The molecule has 2 aromatic carbocycles. The predicted molar refractivity (Wildman–Crippen MR) is 97.0 cm³/mol. The van der Waals surface area contributed by atoms with E-state index in [1.54, 1.807) is 25.1 Å². The number of nitriles is 1. The molecule has 2 rings (SSSR count). The highest BCUT2D eigenvalue weighted by atomic mass is 16.5. The molecule has 1 amide bonds. The molecule has 0 saturated heterocycles. The van der Waals surface area contributed by atoms with Crippen LogP contribution in [0.15, 0.2) is 42.5 Å². The van der Waals surface area contributed by atoms with Crippen LogP contribution in [0.2, 0.25) is 0 Å². The van der Waals surface area contributed by atoms with E-state index in [4.69, 9.17) is 14.7 Å². The number of nitrogens with zero attached hydrogens (tertiary/aromatic N) is 1. The van der Waals surface area contributed by atoms with Gasteiger partial charge in [0.05, 0.1) is 18.7 Å². The summed E-state index contributed by atoms with van der Waals surface area (Å²) in [4.78, 5) is 12.3. The summed E-state index contributed by atoms with van der Waals surface area (Å²) < 4.78 is 10.9. The number of ether oxygens (including phenoxy) is 2. The van der Waals surface area contributed by atoms with Crippen LogP contribution in [-0.4, -0.2) is 19.1 Å². The molecule has 5 nitrogen and oxygen atoms in total. The van der Waals surface area contributed by atoms with Crippen molar-refractivity contribution in [3.8, 4) is 17.6 Å². The zero-order valence-corrected chi connectivity index (χ0v) is 14.9. The molecule has 0 aromatic heterocycles. The number of nitrogens with one attached hydrogen (secondary N) is 1. The number of anilines is 1. The van der Waals surface area contributed by atoms with E-state index in [1.807, 2.05) is 30.3 Å². The van der Waals surface area contributed by atoms with Crippen molar-refractivity contribution in [2.75, 3.05) is 12.4 Å². The van der Waals surface area contributed by atoms with Crippen LogP contribution in [0.3, 0.4) is 0 Å². The third-order valence-corrected chi connectivity index (χ3v) is 3.81. The minimum absolute atomic E-state index is 0.260. The molecule has 0 heterocycles. The van der Waals surface area contributed by atoms with Gasteiger partial charge in [0.15, 0.2) is 17.6 Å². The Morgan fingerprint density at radius 2 is 1.76 bits per heavy atom. The Hall–Kier alpha value is -3.00. The molecule has 25 heavy (non-hydrogen) atoms. The number of benzene rings is 2. The molecular weight excluding hydrogens is 316 g/mol. The zero-order valence-electron chi connectivity index (χ0n) is 14.9. The lowest BCUT2D eigenvalue weighted by molar-refractivity contribution is -0.122. The fraction of sp³-hybridized carbons (Fsp3) is 0.300. The number of hydrogen-bond acceptors (Lipinski definition) is 4. The van der Waals surface area contributed by atoms with Gasteiger partial charge in [0.25, 0.3) is 5.91 Å². The largest absolute Gasteiger partial charge is 0.493 e. The van der Waals surface area contributed by atoms with Crippen LogP contribution < -0.4 is 14.8 Å². The minimum atomic E-state index is -0.716. The predicted octanol–water partition coefficient (Wildman–Crippen LogP) is 4.10. The molecule has 0 radical (unpaired) electrons. The fourth-order valence-electron chi connectivity index (χ4n) is 2.27. The van der Waals surface area contributed by atoms with Crippen molar-refractivity contribution in [3.05, 3.63) is 53.6 Å². The molecule has 1 atom stereocenters. The molecule has 2 aromatic rings. The third kappa shape index (κ3) is 4.74. The van der Waals surface area contributed by atoms with Crippen LogP contribution >= 0.6 is 0 Å². The summed E-state index contributed by atoms with van der Waals surface area (Å²) >= 11 is 0. The summed E-state index contributed by atoms with van der Waals surface area (Å²) in [6, 6.07) is 14.6. The normalized spacial score (nSPS) is 11.5. The van der Waals surface area contributed by atoms with Crippen LogP contribution in [0.5, 0.6) is 11.5 Å². The van der Waals surface area contributed by atoms with E-state index in [2.05, 4.69) is 19.2 Å². The molecule has 0 saturated carbocycles. The maximum absolute atomic E-state index is 12.3. The first-order valence-electron chi connectivity index (χ1n) is 8.10. The highest BCUT2D eigenvalue weighted by molar-refractivity contribution is 5.94. The summed E-state index contributed by atoms with van der Waals surface area (Å²) in [5.74, 6) is 1.01. The Labute approximate surface area is 148 Å². The second-order valence-electron chi connectivity index (χ2n) is 6.00. The van der Waals surface area contributed by atoms with Gasteiger partial charge in [-0.3, -0.25) is 4.79 Å². The van der Waals surface area contributed by atoms with Gasteiger partial charge in [-0.05, 0) is 42.7 Å². The summed E-state index contributed by atoms with van der Waals surface area (Å²) in [6.45, 7) is 5.90. The van der Waals surface area contributed by atoms with Crippen molar-refractivity contribution < 1.29 is 14.3 Å². The molecule has 0 unspecified atom stereocenters. The van der Waals surface area contributed by atoms with Crippen molar-refractivity contribution in [2.24, 2.45) is 0 Å². The Morgan fingerprint density at radius 1 is 1.08 bits per heavy atom. The van der Waals surface area contributed by atoms with Crippen molar-refractivity contribution in [1.82, 2.24) is 0 Å². The van der Waals surface area contributed by atoms with Crippen LogP contribution in [0.1, 0.15) is 37.8 Å². The third-order valence-electron chi connectivity index (χ3n) is 3.81. The van der Waals surface area contributed by atoms with E-state index in [0.717, 1.165) is 5.69 Å². The first kappa shape index (κ1) is 18.3. The maximum atomic E-state index is 12.3. The molecule has 0 spiro atoms. The maximum Gasteiger partial charge on any atom is 0.265 e. The van der Waals surface area contributed by atoms with Gasteiger partial charge in [-0.25, -0.2) is 0 Å². The van der Waals surface area contributed by atoms with E-state index in [0.29, 0.717) is 23.0 Å². The monoisotopic (exact) mass is 338 g/mol. The van der Waals surface area contributed by atoms with Gasteiger partial charge >= 0.3 is 0 Å². The Balaban J connectivity index is 2.04. The van der Waals surface area contributed by atoms with Gasteiger partial charge in [-0.1, -0.05) is 26.0 Å². The molecule has 130 valence electrons. The topological polar surface area (TPSA) is 71.3 Å². The van der Waals surface area contributed by atoms with Gasteiger partial charge in [0.2, 0.25) is 0 Å². The summed E-state index contributed by atoms with van der Waals surface area (Å²) in [5, 5.41) is 11.8. The van der Waals surface area contributed by atoms with E-state index in [1.165, 1.54) is 12.7 Å². The SMILES string of the molecule is COc1cc(C#N)ccc1O[C@H](C)C(=O)Nc1ccc(C(C)C)cc1.